The van der Waals surface area contributed by atoms with Gasteiger partial charge in [-0.05, 0) is 46.5 Å². The Balaban J connectivity index is 1.84. The number of nitrogens with one attached hydrogen (secondary N) is 1. The van der Waals surface area contributed by atoms with Crippen LogP contribution in [0.4, 0.5) is 0 Å². The van der Waals surface area contributed by atoms with E-state index in [9.17, 15) is 0 Å². The fourth-order valence-electron chi connectivity index (χ4n) is 2.47. The molecule has 8 heteroatoms. The lowest BCUT2D eigenvalue weighted by atomic mass is 10.3. The second kappa shape index (κ2) is 5.17. The Morgan fingerprint density at radius 2 is 2.23 bits per heavy atom. The zero-order valence-corrected chi connectivity index (χ0v) is 14.0. The molecule has 0 spiro atoms. The van der Waals surface area contributed by atoms with Crippen molar-refractivity contribution in [3.63, 3.8) is 0 Å². The highest BCUT2D eigenvalue weighted by molar-refractivity contribution is 9.10. The van der Waals surface area contributed by atoms with Crippen molar-refractivity contribution in [3.05, 3.63) is 39.8 Å². The van der Waals surface area contributed by atoms with E-state index < -0.39 is 0 Å². The van der Waals surface area contributed by atoms with Crippen molar-refractivity contribution in [2.45, 2.75) is 19.3 Å². The molecule has 0 radical (unpaired) electrons. The third-order valence-electron chi connectivity index (χ3n) is 3.85. The predicted octanol–water partition coefficient (Wildman–Crippen LogP) is 3.59. The minimum Gasteiger partial charge on any atom is -0.257 e. The predicted molar refractivity (Wildman–Crippen MR) is 86.0 cm³/mol. The summed E-state index contributed by atoms with van der Waals surface area (Å²) < 4.78 is 2.71. The molecule has 0 aliphatic heterocycles. The molecule has 4 rings (SSSR count). The molecule has 112 valence electrons. The lowest BCUT2D eigenvalue weighted by molar-refractivity contribution is 0.764. The summed E-state index contributed by atoms with van der Waals surface area (Å²) in [4.78, 5) is 8.78. The third-order valence-corrected chi connectivity index (χ3v) is 5.08. The van der Waals surface area contributed by atoms with Gasteiger partial charge >= 0.3 is 0 Å². The largest absolute Gasteiger partial charge is 0.257 e. The van der Waals surface area contributed by atoms with Crippen LogP contribution in [0.3, 0.4) is 0 Å². The Morgan fingerprint density at radius 3 is 2.86 bits per heavy atom. The average molecular weight is 380 g/mol. The van der Waals surface area contributed by atoms with Crippen LogP contribution in [0.15, 0.2) is 29.0 Å². The van der Waals surface area contributed by atoms with E-state index in [0.717, 1.165) is 22.4 Å². The molecule has 22 heavy (non-hydrogen) atoms. The molecule has 2 heterocycles. The summed E-state index contributed by atoms with van der Waals surface area (Å²) >= 11 is 9.62. The number of aromatic amines is 1. The lowest BCUT2D eigenvalue weighted by Crippen LogP contribution is -2.02. The highest BCUT2D eigenvalue weighted by Crippen LogP contribution is 2.47. The fraction of sp³-hybridized carbons (Fsp3) is 0.286. The maximum absolute atomic E-state index is 6.21. The van der Waals surface area contributed by atoms with E-state index >= 15 is 0 Å². The van der Waals surface area contributed by atoms with Crippen molar-refractivity contribution >= 4 is 27.5 Å². The molecule has 1 aliphatic carbocycles. The van der Waals surface area contributed by atoms with E-state index in [2.05, 4.69) is 48.1 Å². The van der Waals surface area contributed by atoms with Gasteiger partial charge < -0.3 is 0 Å². The van der Waals surface area contributed by atoms with E-state index in [1.54, 1.807) is 0 Å². The monoisotopic (exact) mass is 378 g/mol. The van der Waals surface area contributed by atoms with Crippen molar-refractivity contribution in [3.8, 4) is 17.3 Å². The molecule has 1 aliphatic rings. The van der Waals surface area contributed by atoms with E-state index in [1.165, 1.54) is 6.33 Å². The van der Waals surface area contributed by atoms with Crippen LogP contribution < -0.4 is 0 Å². The molecule has 1 aromatic carbocycles. The summed E-state index contributed by atoms with van der Waals surface area (Å²) in [7, 11) is 0. The maximum Gasteiger partial charge on any atom is 0.219 e. The highest BCUT2D eigenvalue weighted by Gasteiger charge is 2.39. The molecule has 0 amide bonds. The minimum atomic E-state index is 0.423. The van der Waals surface area contributed by atoms with Crippen molar-refractivity contribution in [1.29, 1.82) is 0 Å². The molecular weight excluding hydrogens is 368 g/mol. The van der Waals surface area contributed by atoms with Gasteiger partial charge in [0.15, 0.2) is 5.82 Å². The van der Waals surface area contributed by atoms with Crippen molar-refractivity contribution in [2.24, 2.45) is 5.92 Å². The molecule has 2 aromatic heterocycles. The van der Waals surface area contributed by atoms with Crippen LogP contribution in [-0.4, -0.2) is 29.9 Å². The van der Waals surface area contributed by atoms with Crippen LogP contribution in [-0.2, 0) is 0 Å². The third kappa shape index (κ3) is 2.34. The first-order valence-electron chi connectivity index (χ1n) is 6.91. The van der Waals surface area contributed by atoms with E-state index in [1.807, 2.05) is 22.9 Å². The Kier molecular flexibility index (Phi) is 3.27. The summed E-state index contributed by atoms with van der Waals surface area (Å²) in [6.07, 6.45) is 2.57. The molecule has 2 atom stereocenters. The van der Waals surface area contributed by atoms with Crippen LogP contribution >= 0.6 is 27.5 Å². The van der Waals surface area contributed by atoms with Gasteiger partial charge in [0.25, 0.3) is 0 Å². The van der Waals surface area contributed by atoms with Crippen LogP contribution in [0.25, 0.3) is 17.3 Å². The topological polar surface area (TPSA) is 72.3 Å². The van der Waals surface area contributed by atoms with E-state index in [0.29, 0.717) is 28.5 Å². The quantitative estimate of drug-likeness (QED) is 0.755. The summed E-state index contributed by atoms with van der Waals surface area (Å²) in [5.41, 5.74) is 0.889. The number of nitrogens with zero attached hydrogens (tertiary/aromatic N) is 5. The number of aromatic nitrogens is 6. The standard InChI is InChI=1S/C14H12BrClN6/c1-7-4-9(7)14-19-13(12-17-6-18-20-12)21-22(14)8-2-3-10(15)11(16)5-8/h2-3,5-7,9H,4H2,1H3,(H,17,18,20)/t7-,9+/m1/s1. The van der Waals surface area contributed by atoms with Crippen molar-refractivity contribution < 1.29 is 0 Å². The molecule has 0 bridgehead atoms. The SMILES string of the molecule is C[C@@H]1C[C@@H]1c1nc(-c2ncn[nH]2)nn1-c1ccc(Br)c(Cl)c1. The summed E-state index contributed by atoms with van der Waals surface area (Å²) in [5.74, 6) is 3.10. The van der Waals surface area contributed by atoms with Crippen LogP contribution in [0.1, 0.15) is 25.1 Å². The average Bonchev–Trinajstić information content (AvgIpc) is 2.97. The molecule has 1 N–H and O–H groups in total. The molecular formula is C14H12BrClN6. The highest BCUT2D eigenvalue weighted by atomic mass is 79.9. The van der Waals surface area contributed by atoms with Gasteiger partial charge in [0.1, 0.15) is 12.2 Å². The van der Waals surface area contributed by atoms with Gasteiger partial charge in [-0.25, -0.2) is 14.6 Å². The number of benzene rings is 1. The zero-order chi connectivity index (χ0) is 15.3. The maximum atomic E-state index is 6.21. The number of rotatable bonds is 3. The zero-order valence-electron chi connectivity index (χ0n) is 11.7. The van der Waals surface area contributed by atoms with Gasteiger partial charge in [-0.15, -0.1) is 5.10 Å². The van der Waals surface area contributed by atoms with Gasteiger partial charge in [0.05, 0.1) is 10.7 Å². The molecule has 3 aromatic rings. The first-order valence-corrected chi connectivity index (χ1v) is 8.08. The molecule has 1 fully saturated rings. The lowest BCUT2D eigenvalue weighted by Gasteiger charge is -2.06. The number of hydrogen-bond acceptors (Lipinski definition) is 4. The summed E-state index contributed by atoms with van der Waals surface area (Å²) in [5, 5.41) is 11.9. The second-order valence-electron chi connectivity index (χ2n) is 5.46. The fourth-order valence-corrected chi connectivity index (χ4v) is 2.89. The number of halogens is 2. The van der Waals surface area contributed by atoms with Crippen LogP contribution in [0, 0.1) is 5.92 Å². The Morgan fingerprint density at radius 1 is 1.41 bits per heavy atom. The Bertz CT molecular complexity index is 828. The van der Waals surface area contributed by atoms with Gasteiger partial charge in [0.2, 0.25) is 5.82 Å². The van der Waals surface area contributed by atoms with Gasteiger partial charge in [-0.1, -0.05) is 18.5 Å². The second-order valence-corrected chi connectivity index (χ2v) is 6.72. The molecule has 1 saturated carbocycles. The van der Waals surface area contributed by atoms with Gasteiger partial charge in [-0.2, -0.15) is 5.10 Å². The molecule has 0 unspecified atom stereocenters. The minimum absolute atomic E-state index is 0.423. The van der Waals surface area contributed by atoms with Crippen LogP contribution in [0.5, 0.6) is 0 Å². The van der Waals surface area contributed by atoms with Gasteiger partial charge in [0, 0.05) is 10.4 Å². The summed E-state index contributed by atoms with van der Waals surface area (Å²) in [6, 6.07) is 5.75. The first kappa shape index (κ1) is 13.9. The number of H-pyrrole nitrogens is 1. The Labute approximate surface area is 140 Å². The normalized spacial score (nSPS) is 20.3. The smallest absolute Gasteiger partial charge is 0.219 e. The summed E-state index contributed by atoms with van der Waals surface area (Å²) in [6.45, 7) is 2.21. The van der Waals surface area contributed by atoms with E-state index in [-0.39, 0.29) is 0 Å². The molecule has 0 saturated heterocycles. The van der Waals surface area contributed by atoms with E-state index in [4.69, 9.17) is 11.6 Å². The Hall–Kier alpha value is -1.73. The first-order chi connectivity index (χ1) is 10.6. The van der Waals surface area contributed by atoms with Crippen LogP contribution in [0.2, 0.25) is 5.02 Å². The van der Waals surface area contributed by atoms with Crippen molar-refractivity contribution in [1.82, 2.24) is 29.9 Å². The van der Waals surface area contributed by atoms with Crippen molar-refractivity contribution in [2.75, 3.05) is 0 Å². The molecule has 6 nitrogen and oxygen atoms in total. The number of hydrogen-bond donors (Lipinski definition) is 1. The van der Waals surface area contributed by atoms with Gasteiger partial charge in [-0.3, -0.25) is 5.10 Å².